The normalized spacial score (nSPS) is 13.1. The summed E-state index contributed by atoms with van der Waals surface area (Å²) < 4.78 is 5.61. The molecule has 1 N–H and O–H groups in total. The van der Waals surface area contributed by atoms with Crippen molar-refractivity contribution in [1.29, 1.82) is 0 Å². The van der Waals surface area contributed by atoms with E-state index >= 15 is 0 Å². The monoisotopic (exact) mass is 303 g/mol. The Balaban J connectivity index is 2.16. The molecule has 118 valence electrons. The molecular weight excluding hydrogens is 282 g/mol. The highest BCUT2D eigenvalue weighted by Crippen LogP contribution is 2.26. The van der Waals surface area contributed by atoms with Crippen molar-refractivity contribution in [3.63, 3.8) is 0 Å². The number of hydrogen-bond acceptors (Lipinski definition) is 3. The summed E-state index contributed by atoms with van der Waals surface area (Å²) in [5.74, 6) is -0.0136. The van der Waals surface area contributed by atoms with Gasteiger partial charge in [0.1, 0.15) is 12.4 Å². The average Bonchev–Trinajstić information content (AvgIpc) is 2.49. The summed E-state index contributed by atoms with van der Waals surface area (Å²) in [6, 6.07) is 7.54. The first kappa shape index (κ1) is 16.1. The van der Waals surface area contributed by atoms with Gasteiger partial charge in [-0.1, -0.05) is 32.0 Å². The van der Waals surface area contributed by atoms with Crippen LogP contribution in [0.15, 0.2) is 29.8 Å². The molecule has 1 amide bonds. The van der Waals surface area contributed by atoms with E-state index in [2.05, 4.69) is 0 Å². The fourth-order valence-electron chi connectivity index (χ4n) is 2.39. The maximum atomic E-state index is 12.6. The number of hydrogen-bond donors (Lipinski definition) is 1. The molecule has 0 unspecified atom stereocenters. The van der Waals surface area contributed by atoms with E-state index < -0.39 is 5.97 Å². The molecule has 1 aromatic rings. The van der Waals surface area contributed by atoms with E-state index in [0.717, 1.165) is 11.3 Å². The number of fused-ring (bicyclic) bond motifs is 1. The number of rotatable bonds is 6. The van der Waals surface area contributed by atoms with E-state index in [1.165, 1.54) is 0 Å². The van der Waals surface area contributed by atoms with Crippen molar-refractivity contribution in [2.24, 2.45) is 5.92 Å². The molecule has 2 rings (SSSR count). The Labute approximate surface area is 130 Å². The van der Waals surface area contributed by atoms with Gasteiger partial charge in [-0.25, -0.2) is 0 Å². The Morgan fingerprint density at radius 1 is 1.32 bits per heavy atom. The van der Waals surface area contributed by atoms with Gasteiger partial charge in [0.15, 0.2) is 0 Å². The maximum absolute atomic E-state index is 12.6. The molecular formula is C17H21NO4. The summed E-state index contributed by atoms with van der Waals surface area (Å²) >= 11 is 0. The zero-order chi connectivity index (χ0) is 16.1. The van der Waals surface area contributed by atoms with Crippen molar-refractivity contribution >= 4 is 18.0 Å². The summed E-state index contributed by atoms with van der Waals surface area (Å²) in [4.78, 5) is 25.0. The second-order valence-electron chi connectivity index (χ2n) is 5.78. The summed E-state index contributed by atoms with van der Waals surface area (Å²) in [6.45, 7) is 4.97. The Bertz CT molecular complexity index is 592. The van der Waals surface area contributed by atoms with Gasteiger partial charge in [0.2, 0.25) is 0 Å². The standard InChI is InChI=1S/C17H21NO4/c1-12(2)10-18(8-7-16(19)20)17(21)14-9-13-5-3-4-6-15(13)22-11-14/h3-6,9,12H,7-8,10-11H2,1-2H3,(H,19,20). The predicted octanol–water partition coefficient (Wildman–Crippen LogP) is 2.42. The highest BCUT2D eigenvalue weighted by Gasteiger charge is 2.23. The average molecular weight is 303 g/mol. The van der Waals surface area contributed by atoms with Crippen molar-refractivity contribution in [3.8, 4) is 5.75 Å². The number of amides is 1. The number of carboxylic acids is 1. The van der Waals surface area contributed by atoms with Gasteiger partial charge >= 0.3 is 5.97 Å². The molecule has 1 aliphatic heterocycles. The van der Waals surface area contributed by atoms with Crippen LogP contribution in [0.4, 0.5) is 0 Å². The molecule has 0 spiro atoms. The van der Waals surface area contributed by atoms with Gasteiger partial charge in [0.25, 0.3) is 5.91 Å². The molecule has 0 aromatic heterocycles. The molecule has 0 saturated heterocycles. The minimum atomic E-state index is -0.902. The number of para-hydroxylation sites is 1. The fourth-order valence-corrected chi connectivity index (χ4v) is 2.39. The zero-order valence-corrected chi connectivity index (χ0v) is 12.9. The highest BCUT2D eigenvalue weighted by molar-refractivity contribution is 5.99. The van der Waals surface area contributed by atoms with Crippen LogP contribution in [0, 0.1) is 5.92 Å². The maximum Gasteiger partial charge on any atom is 0.305 e. The van der Waals surface area contributed by atoms with Crippen LogP contribution in [0.2, 0.25) is 0 Å². The second-order valence-corrected chi connectivity index (χ2v) is 5.78. The largest absolute Gasteiger partial charge is 0.488 e. The van der Waals surface area contributed by atoms with E-state index in [9.17, 15) is 9.59 Å². The number of nitrogens with zero attached hydrogens (tertiary/aromatic N) is 1. The molecule has 0 saturated carbocycles. The molecule has 0 bridgehead atoms. The van der Waals surface area contributed by atoms with Gasteiger partial charge in [0.05, 0.1) is 12.0 Å². The van der Waals surface area contributed by atoms with Crippen molar-refractivity contribution in [2.45, 2.75) is 20.3 Å². The Hall–Kier alpha value is -2.30. The quantitative estimate of drug-likeness (QED) is 0.876. The molecule has 1 heterocycles. The lowest BCUT2D eigenvalue weighted by Crippen LogP contribution is -2.38. The third kappa shape index (κ3) is 4.10. The summed E-state index contributed by atoms with van der Waals surface area (Å²) in [7, 11) is 0. The first-order chi connectivity index (χ1) is 10.5. The van der Waals surface area contributed by atoms with E-state index in [1.807, 2.05) is 44.2 Å². The van der Waals surface area contributed by atoms with Crippen LogP contribution in [-0.4, -0.2) is 41.6 Å². The van der Waals surface area contributed by atoms with Gasteiger partial charge < -0.3 is 14.7 Å². The molecule has 0 atom stereocenters. The van der Waals surface area contributed by atoms with Gasteiger partial charge in [-0.05, 0) is 18.1 Å². The van der Waals surface area contributed by atoms with Crippen molar-refractivity contribution < 1.29 is 19.4 Å². The molecule has 0 fully saturated rings. The zero-order valence-electron chi connectivity index (χ0n) is 12.9. The predicted molar refractivity (Wildman–Crippen MR) is 83.6 cm³/mol. The smallest absolute Gasteiger partial charge is 0.305 e. The minimum absolute atomic E-state index is 0.0524. The van der Waals surface area contributed by atoms with E-state index in [-0.39, 0.29) is 31.4 Å². The van der Waals surface area contributed by atoms with Crippen molar-refractivity contribution in [3.05, 3.63) is 35.4 Å². The Kier molecular flexibility index (Phi) is 5.20. The number of ether oxygens (including phenoxy) is 1. The van der Waals surface area contributed by atoms with Crippen LogP contribution in [0.5, 0.6) is 5.75 Å². The van der Waals surface area contributed by atoms with Crippen LogP contribution in [0.1, 0.15) is 25.8 Å². The topological polar surface area (TPSA) is 66.8 Å². The minimum Gasteiger partial charge on any atom is -0.488 e. The van der Waals surface area contributed by atoms with E-state index in [1.54, 1.807) is 4.90 Å². The summed E-state index contributed by atoms with van der Waals surface area (Å²) in [6.07, 6.45) is 1.78. The van der Waals surface area contributed by atoms with Crippen LogP contribution < -0.4 is 4.74 Å². The first-order valence-electron chi connectivity index (χ1n) is 7.41. The third-order valence-corrected chi connectivity index (χ3v) is 3.37. The fraction of sp³-hybridized carbons (Fsp3) is 0.412. The molecule has 22 heavy (non-hydrogen) atoms. The van der Waals surface area contributed by atoms with Crippen molar-refractivity contribution in [1.82, 2.24) is 4.90 Å². The van der Waals surface area contributed by atoms with Gasteiger partial charge in [0, 0.05) is 18.7 Å². The third-order valence-electron chi connectivity index (χ3n) is 3.37. The van der Waals surface area contributed by atoms with Crippen LogP contribution in [0.25, 0.3) is 6.08 Å². The van der Waals surface area contributed by atoms with Crippen molar-refractivity contribution in [2.75, 3.05) is 19.7 Å². The molecule has 5 heteroatoms. The van der Waals surface area contributed by atoms with Gasteiger partial charge in [-0.3, -0.25) is 9.59 Å². The molecule has 1 aromatic carbocycles. The lowest BCUT2D eigenvalue weighted by molar-refractivity contribution is -0.138. The molecule has 1 aliphatic rings. The number of benzene rings is 1. The Morgan fingerprint density at radius 2 is 2.05 bits per heavy atom. The van der Waals surface area contributed by atoms with Crippen LogP contribution in [-0.2, 0) is 9.59 Å². The lowest BCUT2D eigenvalue weighted by atomic mass is 10.1. The highest BCUT2D eigenvalue weighted by atomic mass is 16.5. The van der Waals surface area contributed by atoms with Crippen LogP contribution >= 0.6 is 0 Å². The first-order valence-corrected chi connectivity index (χ1v) is 7.41. The summed E-state index contributed by atoms with van der Waals surface area (Å²) in [5.41, 5.74) is 1.43. The number of aliphatic carboxylic acids is 1. The molecule has 0 radical (unpaired) electrons. The number of carbonyl (C=O) groups is 2. The number of carbonyl (C=O) groups excluding carboxylic acids is 1. The SMILES string of the molecule is CC(C)CN(CCC(=O)O)C(=O)C1=Cc2ccccc2OC1. The second kappa shape index (κ2) is 7.11. The van der Waals surface area contributed by atoms with E-state index in [4.69, 9.17) is 9.84 Å². The van der Waals surface area contributed by atoms with Gasteiger partial charge in [-0.2, -0.15) is 0 Å². The molecule has 0 aliphatic carbocycles. The van der Waals surface area contributed by atoms with E-state index in [0.29, 0.717) is 12.1 Å². The van der Waals surface area contributed by atoms with Gasteiger partial charge in [-0.15, -0.1) is 0 Å². The Morgan fingerprint density at radius 3 is 2.73 bits per heavy atom. The van der Waals surface area contributed by atoms with Crippen LogP contribution in [0.3, 0.4) is 0 Å². The summed E-state index contributed by atoms with van der Waals surface area (Å²) in [5, 5.41) is 8.84. The number of carboxylic acid groups (broad SMARTS) is 1. The lowest BCUT2D eigenvalue weighted by Gasteiger charge is -2.27. The molecule has 5 nitrogen and oxygen atoms in total.